The molecule has 4 fully saturated rings. The summed E-state index contributed by atoms with van der Waals surface area (Å²) in [5.74, 6) is -4.70. The minimum Gasteiger partial charge on any atom is -0.320 e. The zero-order valence-electron chi connectivity index (χ0n) is 15.5. The summed E-state index contributed by atoms with van der Waals surface area (Å²) < 4.78 is 54.9. The number of carbonyl (C=O) groups excluding carboxylic acids is 2. The number of amides is 3. The molecule has 3 saturated carbocycles. The summed E-state index contributed by atoms with van der Waals surface area (Å²) in [4.78, 5) is 27.4. The van der Waals surface area contributed by atoms with E-state index in [9.17, 15) is 26.8 Å². The van der Waals surface area contributed by atoms with Crippen molar-refractivity contribution in [2.24, 2.45) is 11.8 Å². The van der Waals surface area contributed by atoms with Crippen LogP contribution in [0.15, 0.2) is 0 Å². The molecule has 3 amide bonds. The van der Waals surface area contributed by atoms with Crippen LogP contribution in [0.2, 0.25) is 0 Å². The largest absolute Gasteiger partial charge is 0.326 e. The molecule has 1 N–H and O–H groups in total. The van der Waals surface area contributed by atoms with Crippen molar-refractivity contribution in [2.75, 3.05) is 13.6 Å². The first-order chi connectivity index (χ1) is 12.4. The van der Waals surface area contributed by atoms with Crippen molar-refractivity contribution in [2.45, 2.75) is 68.2 Å². The molecule has 0 radical (unpaired) electrons. The number of nitrogens with zero attached hydrogens (tertiary/aromatic N) is 2. The Kier molecular flexibility index (Phi) is 4.13. The third kappa shape index (κ3) is 3.35. The van der Waals surface area contributed by atoms with Crippen LogP contribution in [0.5, 0.6) is 0 Å². The standard InChI is InChI=1S/C17H25F2N3O4S/c1-16(5-6-16)20-27(25,26)11-3-4-13-12(7-11)14(23)21(2)15(24)22(13)9-10-8-17(10,18)19/h10-13,20H,3-9H2,1-2H3. The predicted octanol–water partition coefficient (Wildman–Crippen LogP) is 1.54. The van der Waals surface area contributed by atoms with E-state index in [1.165, 1.54) is 11.9 Å². The smallest absolute Gasteiger partial charge is 0.320 e. The molecule has 152 valence electrons. The van der Waals surface area contributed by atoms with Crippen LogP contribution in [0.4, 0.5) is 13.6 Å². The number of urea groups is 1. The van der Waals surface area contributed by atoms with E-state index in [4.69, 9.17) is 0 Å². The quantitative estimate of drug-likeness (QED) is 0.752. The van der Waals surface area contributed by atoms with E-state index in [1.54, 1.807) is 0 Å². The molecule has 0 spiro atoms. The van der Waals surface area contributed by atoms with Gasteiger partial charge in [-0.3, -0.25) is 9.69 Å². The lowest BCUT2D eigenvalue weighted by Gasteiger charge is -2.47. The number of hydrogen-bond acceptors (Lipinski definition) is 4. The number of fused-ring (bicyclic) bond motifs is 1. The normalized spacial score (nSPS) is 37.2. The van der Waals surface area contributed by atoms with E-state index >= 15 is 0 Å². The first kappa shape index (κ1) is 19.0. The molecule has 0 aromatic rings. The summed E-state index contributed by atoms with van der Waals surface area (Å²) in [6.45, 7) is 1.77. The molecular formula is C17H25F2N3O4S. The molecule has 4 unspecified atom stereocenters. The van der Waals surface area contributed by atoms with Crippen LogP contribution in [0.3, 0.4) is 0 Å². The zero-order chi connectivity index (χ0) is 19.8. The summed E-state index contributed by atoms with van der Waals surface area (Å²) in [7, 11) is -2.24. The van der Waals surface area contributed by atoms with Crippen LogP contribution in [0.1, 0.15) is 45.4 Å². The summed E-state index contributed by atoms with van der Waals surface area (Å²) in [5.41, 5.74) is -0.386. The monoisotopic (exact) mass is 405 g/mol. The van der Waals surface area contributed by atoms with Gasteiger partial charge in [-0.2, -0.15) is 0 Å². The van der Waals surface area contributed by atoms with Gasteiger partial charge >= 0.3 is 6.03 Å². The minimum atomic E-state index is -3.57. The Morgan fingerprint density at radius 2 is 1.85 bits per heavy atom. The number of sulfonamides is 1. The number of rotatable bonds is 5. The Bertz CT molecular complexity index is 783. The Morgan fingerprint density at radius 1 is 1.22 bits per heavy atom. The van der Waals surface area contributed by atoms with E-state index in [0.29, 0.717) is 12.8 Å². The number of nitrogens with one attached hydrogen (secondary N) is 1. The van der Waals surface area contributed by atoms with Gasteiger partial charge in [0.25, 0.3) is 5.92 Å². The Balaban J connectivity index is 1.51. The first-order valence-corrected chi connectivity index (χ1v) is 11.0. The fraction of sp³-hybridized carbons (Fsp3) is 0.882. The van der Waals surface area contributed by atoms with Gasteiger partial charge in [-0.1, -0.05) is 0 Å². The molecule has 10 heteroatoms. The van der Waals surface area contributed by atoms with Crippen molar-refractivity contribution in [1.82, 2.24) is 14.5 Å². The molecule has 3 aliphatic carbocycles. The number of imide groups is 1. The second-order valence-electron chi connectivity index (χ2n) is 8.81. The fourth-order valence-corrected chi connectivity index (χ4v) is 6.31. The third-order valence-corrected chi connectivity index (χ3v) is 8.63. The average Bonchev–Trinajstić information content (AvgIpc) is 3.46. The maximum absolute atomic E-state index is 13.4. The van der Waals surface area contributed by atoms with Gasteiger partial charge in [0.2, 0.25) is 15.9 Å². The maximum Gasteiger partial charge on any atom is 0.326 e. The SMILES string of the molecule is CN1C(=O)C2CC(S(=O)(=O)NC3(C)CC3)CCC2N(CC2CC2(F)F)C1=O. The van der Waals surface area contributed by atoms with Crippen molar-refractivity contribution in [3.63, 3.8) is 0 Å². The molecule has 1 heterocycles. The molecule has 1 saturated heterocycles. The molecule has 7 nitrogen and oxygen atoms in total. The lowest BCUT2D eigenvalue weighted by Crippen LogP contribution is -2.63. The maximum atomic E-state index is 13.4. The van der Waals surface area contributed by atoms with Gasteiger partial charge in [-0.15, -0.1) is 0 Å². The number of alkyl halides is 2. The highest BCUT2D eigenvalue weighted by molar-refractivity contribution is 7.90. The van der Waals surface area contributed by atoms with Crippen LogP contribution in [0.25, 0.3) is 0 Å². The number of halogens is 2. The van der Waals surface area contributed by atoms with Gasteiger partial charge in [0, 0.05) is 37.5 Å². The fourth-order valence-electron chi connectivity index (χ4n) is 4.35. The Morgan fingerprint density at radius 3 is 2.41 bits per heavy atom. The van der Waals surface area contributed by atoms with E-state index in [0.717, 1.165) is 17.7 Å². The lowest BCUT2D eigenvalue weighted by atomic mass is 9.81. The van der Waals surface area contributed by atoms with Crippen molar-refractivity contribution in [3.8, 4) is 0 Å². The second-order valence-corrected chi connectivity index (χ2v) is 10.8. The highest BCUT2D eigenvalue weighted by Gasteiger charge is 2.60. The summed E-state index contributed by atoms with van der Waals surface area (Å²) in [6, 6.07) is -1.06. The number of carbonyl (C=O) groups is 2. The third-order valence-electron chi connectivity index (χ3n) is 6.55. The summed E-state index contributed by atoms with van der Waals surface area (Å²) >= 11 is 0. The molecular weight excluding hydrogens is 380 g/mol. The minimum absolute atomic E-state index is 0.0850. The van der Waals surface area contributed by atoms with Gasteiger partial charge in [0.15, 0.2) is 0 Å². The van der Waals surface area contributed by atoms with Crippen LogP contribution in [0, 0.1) is 11.8 Å². The summed E-state index contributed by atoms with van der Waals surface area (Å²) in [5, 5.41) is -0.703. The van der Waals surface area contributed by atoms with Crippen LogP contribution in [-0.4, -0.2) is 66.5 Å². The number of hydrogen-bond donors (Lipinski definition) is 1. The van der Waals surface area contributed by atoms with Gasteiger partial charge < -0.3 is 4.90 Å². The van der Waals surface area contributed by atoms with Crippen molar-refractivity contribution < 1.29 is 26.8 Å². The van der Waals surface area contributed by atoms with Gasteiger partial charge in [-0.25, -0.2) is 26.7 Å². The molecule has 0 aromatic carbocycles. The van der Waals surface area contributed by atoms with Gasteiger partial charge in [0.1, 0.15) is 0 Å². The van der Waals surface area contributed by atoms with Gasteiger partial charge in [-0.05, 0) is 39.0 Å². The van der Waals surface area contributed by atoms with Gasteiger partial charge in [0.05, 0.1) is 11.2 Å². The van der Waals surface area contributed by atoms with Crippen molar-refractivity contribution in [3.05, 3.63) is 0 Å². The van der Waals surface area contributed by atoms with Crippen molar-refractivity contribution in [1.29, 1.82) is 0 Å². The highest BCUT2D eigenvalue weighted by Crippen LogP contribution is 2.50. The highest BCUT2D eigenvalue weighted by atomic mass is 32.2. The van der Waals surface area contributed by atoms with E-state index < -0.39 is 51.0 Å². The molecule has 4 aliphatic rings. The molecule has 1 aliphatic heterocycles. The zero-order valence-corrected chi connectivity index (χ0v) is 16.3. The summed E-state index contributed by atoms with van der Waals surface area (Å²) in [6.07, 6.45) is 2.11. The van der Waals surface area contributed by atoms with Crippen LogP contribution < -0.4 is 4.72 Å². The molecule has 4 rings (SSSR count). The molecule has 4 atom stereocenters. The van der Waals surface area contributed by atoms with Crippen molar-refractivity contribution >= 4 is 22.0 Å². The lowest BCUT2D eigenvalue weighted by molar-refractivity contribution is -0.139. The average molecular weight is 405 g/mol. The van der Waals surface area contributed by atoms with Crippen LogP contribution >= 0.6 is 0 Å². The predicted molar refractivity (Wildman–Crippen MR) is 92.5 cm³/mol. The topological polar surface area (TPSA) is 86.8 Å². The van der Waals surface area contributed by atoms with E-state index in [2.05, 4.69) is 4.72 Å². The van der Waals surface area contributed by atoms with Crippen LogP contribution in [-0.2, 0) is 14.8 Å². The van der Waals surface area contributed by atoms with E-state index in [-0.39, 0.29) is 24.9 Å². The second kappa shape index (κ2) is 5.85. The molecule has 0 bridgehead atoms. The van der Waals surface area contributed by atoms with E-state index in [1.807, 2.05) is 6.92 Å². The Labute approximate surface area is 157 Å². The molecule has 0 aromatic heterocycles. The molecule has 27 heavy (non-hydrogen) atoms. The Hall–Kier alpha value is -1.29. The first-order valence-electron chi connectivity index (χ1n) is 9.42.